The van der Waals surface area contributed by atoms with Gasteiger partial charge in [-0.2, -0.15) is 5.10 Å². The smallest absolute Gasteiger partial charge is 0.265 e. The normalized spacial score (nSPS) is 11.3. The first-order valence-corrected chi connectivity index (χ1v) is 8.01. The van der Waals surface area contributed by atoms with E-state index in [1.165, 1.54) is 17.1 Å². The number of anilines is 1. The number of benzene rings is 1. The van der Waals surface area contributed by atoms with Gasteiger partial charge in [0, 0.05) is 18.8 Å². The summed E-state index contributed by atoms with van der Waals surface area (Å²) < 4.78 is 33.8. The van der Waals surface area contributed by atoms with Crippen LogP contribution < -0.4 is 15.2 Å². The van der Waals surface area contributed by atoms with Crippen LogP contribution in [0.25, 0.3) is 0 Å². The molecule has 0 spiro atoms. The van der Waals surface area contributed by atoms with E-state index in [-0.39, 0.29) is 4.90 Å². The average Bonchev–Trinajstić information content (AvgIpc) is 2.89. The van der Waals surface area contributed by atoms with Gasteiger partial charge in [-0.15, -0.1) is 0 Å². The van der Waals surface area contributed by atoms with Gasteiger partial charge in [-0.1, -0.05) is 6.07 Å². The van der Waals surface area contributed by atoms with Crippen LogP contribution in [0.5, 0.6) is 5.75 Å². The molecule has 114 valence electrons. The molecule has 1 heterocycles. The summed E-state index contributed by atoms with van der Waals surface area (Å²) in [5.41, 5.74) is 5.85. The number of nitrogens with zero attached hydrogens (tertiary/aromatic N) is 2. The van der Waals surface area contributed by atoms with Crippen LogP contribution in [0.4, 0.5) is 5.69 Å². The minimum atomic E-state index is -3.67. The summed E-state index contributed by atoms with van der Waals surface area (Å²) in [5.74, 6) is 0.608. The molecule has 1 aromatic carbocycles. The molecule has 7 nitrogen and oxygen atoms in total. The first kappa shape index (κ1) is 15.3. The molecule has 0 aliphatic carbocycles. The van der Waals surface area contributed by atoms with Crippen molar-refractivity contribution in [2.75, 3.05) is 17.9 Å². The van der Waals surface area contributed by atoms with Gasteiger partial charge in [-0.25, -0.2) is 8.42 Å². The highest BCUT2D eigenvalue weighted by atomic mass is 32.2. The van der Waals surface area contributed by atoms with Crippen molar-refractivity contribution in [2.24, 2.45) is 5.73 Å². The van der Waals surface area contributed by atoms with Crippen molar-refractivity contribution in [3.63, 3.8) is 0 Å². The van der Waals surface area contributed by atoms with Crippen molar-refractivity contribution in [2.45, 2.75) is 18.4 Å². The minimum Gasteiger partial charge on any atom is -0.494 e. The van der Waals surface area contributed by atoms with Crippen molar-refractivity contribution in [1.29, 1.82) is 0 Å². The molecule has 2 rings (SSSR count). The Balaban J connectivity index is 2.18. The van der Waals surface area contributed by atoms with Crippen LogP contribution in [0.15, 0.2) is 41.6 Å². The molecule has 0 fully saturated rings. The molecule has 2 aromatic rings. The number of sulfonamides is 1. The Hall–Kier alpha value is -2.06. The molecule has 0 radical (unpaired) electrons. The Kier molecular flexibility index (Phi) is 4.81. The molecule has 0 aliphatic heterocycles. The predicted octanol–water partition coefficient (Wildman–Crippen LogP) is 1.04. The largest absolute Gasteiger partial charge is 0.494 e. The van der Waals surface area contributed by atoms with Gasteiger partial charge >= 0.3 is 0 Å². The van der Waals surface area contributed by atoms with Crippen LogP contribution in [0, 0.1) is 0 Å². The maximum atomic E-state index is 12.3. The second-order valence-electron chi connectivity index (χ2n) is 4.29. The molecule has 0 bridgehead atoms. The predicted molar refractivity (Wildman–Crippen MR) is 79.7 cm³/mol. The summed E-state index contributed by atoms with van der Waals surface area (Å²) in [5, 5.41) is 3.95. The number of nitrogens with one attached hydrogen (secondary N) is 1. The maximum absolute atomic E-state index is 12.3. The van der Waals surface area contributed by atoms with E-state index < -0.39 is 10.0 Å². The molecule has 3 N–H and O–H groups in total. The van der Waals surface area contributed by atoms with Crippen molar-refractivity contribution in [1.82, 2.24) is 9.78 Å². The highest BCUT2D eigenvalue weighted by Gasteiger charge is 2.16. The lowest BCUT2D eigenvalue weighted by Gasteiger charge is -2.08. The third-order valence-electron chi connectivity index (χ3n) is 2.68. The van der Waals surface area contributed by atoms with Gasteiger partial charge < -0.3 is 10.5 Å². The van der Waals surface area contributed by atoms with Crippen molar-refractivity contribution < 1.29 is 13.2 Å². The van der Waals surface area contributed by atoms with Crippen LogP contribution in [-0.2, 0) is 16.6 Å². The zero-order valence-electron chi connectivity index (χ0n) is 11.7. The first-order valence-electron chi connectivity index (χ1n) is 6.53. The number of ether oxygens (including phenoxy) is 1. The summed E-state index contributed by atoms with van der Waals surface area (Å²) in [6, 6.07) is 6.77. The van der Waals surface area contributed by atoms with Gasteiger partial charge in [0.25, 0.3) is 10.0 Å². The molecule has 0 saturated heterocycles. The lowest BCUT2D eigenvalue weighted by atomic mass is 10.3. The lowest BCUT2D eigenvalue weighted by molar-refractivity contribution is 0.340. The fraction of sp³-hybridized carbons (Fsp3) is 0.308. The average molecular weight is 310 g/mol. The second-order valence-corrected chi connectivity index (χ2v) is 5.98. The van der Waals surface area contributed by atoms with E-state index in [4.69, 9.17) is 10.5 Å². The standard InChI is InChI=1S/C13H18N4O3S/c1-2-20-12-5-3-4-11(8-12)16-21(18,19)13-9-15-17(10-13)7-6-14/h3-5,8-10,16H,2,6-7,14H2,1H3. The van der Waals surface area contributed by atoms with Gasteiger partial charge in [0.15, 0.2) is 0 Å². The summed E-state index contributed by atoms with van der Waals surface area (Å²) in [4.78, 5) is 0.0952. The number of nitrogens with two attached hydrogens (primary N) is 1. The van der Waals surface area contributed by atoms with Crippen LogP contribution >= 0.6 is 0 Å². The molecular formula is C13H18N4O3S. The van der Waals surface area contributed by atoms with E-state index in [2.05, 4.69) is 9.82 Å². The van der Waals surface area contributed by atoms with E-state index in [0.717, 1.165) is 0 Å². The maximum Gasteiger partial charge on any atom is 0.265 e. The van der Waals surface area contributed by atoms with Gasteiger partial charge in [0.1, 0.15) is 10.6 Å². The van der Waals surface area contributed by atoms with E-state index in [9.17, 15) is 8.42 Å². The van der Waals surface area contributed by atoms with Gasteiger partial charge in [-0.3, -0.25) is 9.40 Å². The Morgan fingerprint density at radius 1 is 1.43 bits per heavy atom. The first-order chi connectivity index (χ1) is 10.0. The third-order valence-corrected chi connectivity index (χ3v) is 4.01. The molecule has 21 heavy (non-hydrogen) atoms. The van der Waals surface area contributed by atoms with Gasteiger partial charge in [0.2, 0.25) is 0 Å². The van der Waals surface area contributed by atoms with Gasteiger partial charge in [0.05, 0.1) is 25.0 Å². The molecule has 0 saturated carbocycles. The van der Waals surface area contributed by atoms with E-state index in [0.29, 0.717) is 31.1 Å². The highest BCUT2D eigenvalue weighted by Crippen LogP contribution is 2.20. The summed E-state index contributed by atoms with van der Waals surface area (Å²) in [7, 11) is -3.67. The Morgan fingerprint density at radius 3 is 2.95 bits per heavy atom. The molecule has 0 atom stereocenters. The fourth-order valence-electron chi connectivity index (χ4n) is 1.77. The zero-order chi connectivity index (χ0) is 15.3. The molecule has 0 unspecified atom stereocenters. The molecular weight excluding hydrogens is 292 g/mol. The van der Waals surface area contributed by atoms with Crippen LogP contribution in [0.1, 0.15) is 6.92 Å². The number of hydrogen-bond donors (Lipinski definition) is 2. The lowest BCUT2D eigenvalue weighted by Crippen LogP contribution is -2.13. The van der Waals surface area contributed by atoms with E-state index >= 15 is 0 Å². The quantitative estimate of drug-likeness (QED) is 0.796. The minimum absolute atomic E-state index is 0.0952. The summed E-state index contributed by atoms with van der Waals surface area (Å²) in [6.45, 7) is 3.24. The highest BCUT2D eigenvalue weighted by molar-refractivity contribution is 7.92. The third kappa shape index (κ3) is 3.96. The SMILES string of the molecule is CCOc1cccc(NS(=O)(=O)c2cnn(CCN)c2)c1. The van der Waals surface area contributed by atoms with Crippen LogP contribution in [-0.4, -0.2) is 31.3 Å². The number of hydrogen-bond acceptors (Lipinski definition) is 5. The molecule has 8 heteroatoms. The zero-order valence-corrected chi connectivity index (χ0v) is 12.5. The monoisotopic (exact) mass is 310 g/mol. The fourth-order valence-corrected chi connectivity index (χ4v) is 2.77. The number of rotatable bonds is 7. The molecule has 0 amide bonds. The Morgan fingerprint density at radius 2 is 2.24 bits per heavy atom. The summed E-state index contributed by atoms with van der Waals surface area (Å²) in [6.07, 6.45) is 2.74. The second kappa shape index (κ2) is 6.59. The van der Waals surface area contributed by atoms with E-state index in [1.807, 2.05) is 6.92 Å². The summed E-state index contributed by atoms with van der Waals surface area (Å²) >= 11 is 0. The van der Waals surface area contributed by atoms with Crippen molar-refractivity contribution >= 4 is 15.7 Å². The topological polar surface area (TPSA) is 99.2 Å². The Bertz CT molecular complexity index is 697. The van der Waals surface area contributed by atoms with Crippen LogP contribution in [0.2, 0.25) is 0 Å². The Labute approximate surface area is 123 Å². The van der Waals surface area contributed by atoms with Crippen LogP contribution in [0.3, 0.4) is 0 Å². The van der Waals surface area contributed by atoms with E-state index in [1.54, 1.807) is 24.3 Å². The number of aromatic nitrogens is 2. The molecule has 1 aromatic heterocycles. The van der Waals surface area contributed by atoms with Gasteiger partial charge in [-0.05, 0) is 19.1 Å². The van der Waals surface area contributed by atoms with Crippen molar-refractivity contribution in [3.05, 3.63) is 36.7 Å². The van der Waals surface area contributed by atoms with Crippen molar-refractivity contribution in [3.8, 4) is 5.75 Å². The molecule has 0 aliphatic rings.